The van der Waals surface area contributed by atoms with Gasteiger partial charge in [0.25, 0.3) is 0 Å². The van der Waals surface area contributed by atoms with Gasteiger partial charge >= 0.3 is 0 Å². The zero-order chi connectivity index (χ0) is 18.8. The van der Waals surface area contributed by atoms with Gasteiger partial charge < -0.3 is 15.5 Å². The van der Waals surface area contributed by atoms with Crippen LogP contribution in [0.15, 0.2) is 35.3 Å². The normalized spacial score (nSPS) is 17.4. The summed E-state index contributed by atoms with van der Waals surface area (Å²) in [5, 5.41) is 7.06. The molecule has 2 rings (SSSR count). The zero-order valence-corrected chi connectivity index (χ0v) is 19.8. The molecule has 1 unspecified atom stereocenters. The third kappa shape index (κ3) is 8.79. The number of hydrogen-bond acceptors (Lipinski definition) is 3. The molecule has 0 saturated carbocycles. The van der Waals surface area contributed by atoms with Gasteiger partial charge in [-0.2, -0.15) is 0 Å². The molecule has 1 fully saturated rings. The fourth-order valence-corrected chi connectivity index (χ4v) is 3.35. The topological polar surface area (TPSA) is 42.9 Å². The second kappa shape index (κ2) is 13.3. The first-order chi connectivity index (χ1) is 12.6. The highest BCUT2D eigenvalue weighted by Crippen LogP contribution is 2.13. The molecule has 154 valence electrons. The molecular formula is C21H38IN5. The number of likely N-dealkylation sites (N-methyl/N-ethyl adjacent to an activating group) is 1. The van der Waals surface area contributed by atoms with E-state index in [1.54, 1.807) is 0 Å². The van der Waals surface area contributed by atoms with Gasteiger partial charge in [0.1, 0.15) is 0 Å². The average Bonchev–Trinajstić information content (AvgIpc) is 2.68. The van der Waals surface area contributed by atoms with Gasteiger partial charge in [-0.05, 0) is 38.8 Å². The molecule has 1 saturated heterocycles. The van der Waals surface area contributed by atoms with Crippen LogP contribution in [0, 0.1) is 0 Å². The van der Waals surface area contributed by atoms with Crippen LogP contribution in [-0.4, -0.2) is 68.1 Å². The van der Waals surface area contributed by atoms with E-state index in [1.807, 2.05) is 7.05 Å². The molecule has 0 amide bonds. The Morgan fingerprint density at radius 2 is 1.93 bits per heavy atom. The molecule has 27 heavy (non-hydrogen) atoms. The second-order valence-electron chi connectivity index (χ2n) is 7.42. The molecule has 6 heteroatoms. The van der Waals surface area contributed by atoms with Crippen molar-refractivity contribution in [2.45, 2.75) is 51.7 Å². The van der Waals surface area contributed by atoms with E-state index in [-0.39, 0.29) is 24.0 Å². The van der Waals surface area contributed by atoms with Crippen LogP contribution in [0.4, 0.5) is 0 Å². The number of likely N-dealkylation sites (tertiary alicyclic amines) is 1. The van der Waals surface area contributed by atoms with Crippen LogP contribution in [0.3, 0.4) is 0 Å². The largest absolute Gasteiger partial charge is 0.355 e. The number of nitrogens with zero attached hydrogens (tertiary/aromatic N) is 3. The number of aliphatic imine (C=N–C) groups is 1. The standard InChI is InChI=1S/C21H37N5.HI/c1-5-18(2)25(4)16-13-23-21(22-3)24-20-11-14-26(15-12-20)17-19-9-7-6-8-10-19;/h6-10,18,20H,5,11-17H2,1-4H3,(H2,22,23,24);1H. The SMILES string of the molecule is CCC(C)N(C)CCNC(=NC)NC1CCN(Cc2ccccc2)CC1.I. The predicted molar refractivity (Wildman–Crippen MR) is 127 cm³/mol. The summed E-state index contributed by atoms with van der Waals surface area (Å²) in [4.78, 5) is 9.33. The van der Waals surface area contributed by atoms with Gasteiger partial charge in [0, 0.05) is 51.9 Å². The van der Waals surface area contributed by atoms with Crippen LogP contribution in [0.1, 0.15) is 38.7 Å². The van der Waals surface area contributed by atoms with Crippen molar-refractivity contribution in [1.82, 2.24) is 20.4 Å². The van der Waals surface area contributed by atoms with Crippen LogP contribution < -0.4 is 10.6 Å². The Hall–Kier alpha value is -0.860. The summed E-state index contributed by atoms with van der Waals surface area (Å²) in [6.45, 7) is 9.80. The fraction of sp³-hybridized carbons (Fsp3) is 0.667. The van der Waals surface area contributed by atoms with Crippen LogP contribution in [0.25, 0.3) is 0 Å². The number of piperidine rings is 1. The van der Waals surface area contributed by atoms with E-state index >= 15 is 0 Å². The van der Waals surface area contributed by atoms with Crippen LogP contribution in [0.2, 0.25) is 0 Å². The molecule has 5 nitrogen and oxygen atoms in total. The van der Waals surface area contributed by atoms with Gasteiger partial charge in [-0.25, -0.2) is 0 Å². The summed E-state index contributed by atoms with van der Waals surface area (Å²) in [5.74, 6) is 0.934. The van der Waals surface area contributed by atoms with E-state index in [0.717, 1.165) is 38.7 Å². The summed E-state index contributed by atoms with van der Waals surface area (Å²) in [6.07, 6.45) is 3.52. The van der Waals surface area contributed by atoms with Crippen molar-refractivity contribution < 1.29 is 0 Å². The fourth-order valence-electron chi connectivity index (χ4n) is 3.35. The van der Waals surface area contributed by atoms with Gasteiger partial charge in [0.2, 0.25) is 0 Å². The predicted octanol–water partition coefficient (Wildman–Crippen LogP) is 3.16. The second-order valence-corrected chi connectivity index (χ2v) is 7.42. The van der Waals surface area contributed by atoms with E-state index in [9.17, 15) is 0 Å². The maximum absolute atomic E-state index is 4.39. The summed E-state index contributed by atoms with van der Waals surface area (Å²) in [5.41, 5.74) is 1.40. The Morgan fingerprint density at radius 1 is 1.26 bits per heavy atom. The Morgan fingerprint density at radius 3 is 2.52 bits per heavy atom. The first-order valence-corrected chi connectivity index (χ1v) is 10.1. The molecule has 1 aromatic carbocycles. The maximum atomic E-state index is 4.39. The summed E-state index contributed by atoms with van der Waals surface area (Å²) in [7, 11) is 4.05. The Balaban J connectivity index is 0.00000364. The van der Waals surface area contributed by atoms with Crippen molar-refractivity contribution in [3.63, 3.8) is 0 Å². The van der Waals surface area contributed by atoms with E-state index in [1.165, 1.54) is 24.8 Å². The van der Waals surface area contributed by atoms with Crippen molar-refractivity contribution in [2.24, 2.45) is 4.99 Å². The molecule has 0 bridgehead atoms. The van der Waals surface area contributed by atoms with Gasteiger partial charge in [-0.15, -0.1) is 24.0 Å². The molecule has 1 heterocycles. The van der Waals surface area contributed by atoms with E-state index in [4.69, 9.17) is 0 Å². The van der Waals surface area contributed by atoms with E-state index in [0.29, 0.717) is 12.1 Å². The summed E-state index contributed by atoms with van der Waals surface area (Å²) < 4.78 is 0. The number of hydrogen-bond donors (Lipinski definition) is 2. The third-order valence-corrected chi connectivity index (χ3v) is 5.50. The number of halogens is 1. The Kier molecular flexibility index (Phi) is 11.9. The molecule has 1 aliphatic heterocycles. The lowest BCUT2D eigenvalue weighted by atomic mass is 10.0. The van der Waals surface area contributed by atoms with Crippen LogP contribution in [0.5, 0.6) is 0 Å². The number of guanidine groups is 1. The maximum Gasteiger partial charge on any atom is 0.191 e. The van der Waals surface area contributed by atoms with E-state index < -0.39 is 0 Å². The van der Waals surface area contributed by atoms with Crippen molar-refractivity contribution in [1.29, 1.82) is 0 Å². The molecular weight excluding hydrogens is 449 g/mol. The quantitative estimate of drug-likeness (QED) is 0.336. The van der Waals surface area contributed by atoms with Crippen molar-refractivity contribution >= 4 is 29.9 Å². The van der Waals surface area contributed by atoms with Gasteiger partial charge in [-0.3, -0.25) is 9.89 Å². The zero-order valence-electron chi connectivity index (χ0n) is 17.4. The Labute approximate surface area is 183 Å². The molecule has 0 spiro atoms. The first-order valence-electron chi connectivity index (χ1n) is 10.1. The van der Waals surface area contributed by atoms with E-state index in [2.05, 4.69) is 76.7 Å². The molecule has 0 aliphatic carbocycles. The number of nitrogens with one attached hydrogen (secondary N) is 2. The summed E-state index contributed by atoms with van der Waals surface area (Å²) >= 11 is 0. The minimum absolute atomic E-state index is 0. The lowest BCUT2D eigenvalue weighted by Crippen LogP contribution is -2.49. The molecule has 0 aromatic heterocycles. The average molecular weight is 487 g/mol. The highest BCUT2D eigenvalue weighted by molar-refractivity contribution is 14.0. The lowest BCUT2D eigenvalue weighted by Gasteiger charge is -2.33. The minimum Gasteiger partial charge on any atom is -0.355 e. The molecule has 1 atom stereocenters. The molecule has 2 N–H and O–H groups in total. The molecule has 0 radical (unpaired) electrons. The minimum atomic E-state index is 0. The molecule has 1 aliphatic rings. The summed E-state index contributed by atoms with van der Waals surface area (Å²) in [6, 6.07) is 11.9. The van der Waals surface area contributed by atoms with Gasteiger partial charge in [-0.1, -0.05) is 37.3 Å². The van der Waals surface area contributed by atoms with Crippen molar-refractivity contribution in [2.75, 3.05) is 40.3 Å². The highest BCUT2D eigenvalue weighted by Gasteiger charge is 2.20. The monoisotopic (exact) mass is 487 g/mol. The van der Waals surface area contributed by atoms with Crippen molar-refractivity contribution in [3.05, 3.63) is 35.9 Å². The van der Waals surface area contributed by atoms with Crippen LogP contribution in [-0.2, 0) is 6.54 Å². The Bertz CT molecular complexity index is 529. The molecule has 1 aromatic rings. The number of rotatable bonds is 8. The highest BCUT2D eigenvalue weighted by atomic mass is 127. The first kappa shape index (κ1) is 24.2. The number of benzene rings is 1. The smallest absolute Gasteiger partial charge is 0.191 e. The van der Waals surface area contributed by atoms with Crippen molar-refractivity contribution in [3.8, 4) is 0 Å². The lowest BCUT2D eigenvalue weighted by molar-refractivity contribution is 0.198. The van der Waals surface area contributed by atoms with Crippen LogP contribution >= 0.6 is 24.0 Å². The third-order valence-electron chi connectivity index (χ3n) is 5.50. The van der Waals surface area contributed by atoms with Gasteiger partial charge in [0.05, 0.1) is 0 Å². The van der Waals surface area contributed by atoms with Gasteiger partial charge in [0.15, 0.2) is 5.96 Å².